The maximum Gasteiger partial charge on any atom is 0.270 e. The lowest BCUT2D eigenvalue weighted by Crippen LogP contribution is -2.22. The normalized spacial score (nSPS) is 11.2. The zero-order valence-corrected chi connectivity index (χ0v) is 19.8. The number of nitrogens with zero attached hydrogens (tertiary/aromatic N) is 4. The molecule has 0 bridgehead atoms. The van der Waals surface area contributed by atoms with Gasteiger partial charge >= 0.3 is 0 Å². The molecule has 0 atom stereocenters. The molecule has 4 rings (SSSR count). The molecule has 1 heterocycles. The molecular formula is C27H26N4O4. The van der Waals surface area contributed by atoms with Gasteiger partial charge in [0, 0.05) is 42.5 Å². The number of rotatable bonds is 8. The van der Waals surface area contributed by atoms with Gasteiger partial charge in [-0.25, -0.2) is 4.98 Å². The van der Waals surface area contributed by atoms with Crippen LogP contribution in [-0.4, -0.2) is 34.7 Å². The Kier molecular flexibility index (Phi) is 6.91. The van der Waals surface area contributed by atoms with E-state index in [1.807, 2.05) is 42.5 Å². The molecule has 0 saturated carbocycles. The number of fused-ring (bicyclic) bond motifs is 1. The van der Waals surface area contributed by atoms with Crippen LogP contribution in [0.15, 0.2) is 71.5 Å². The lowest BCUT2D eigenvalue weighted by molar-refractivity contribution is -0.384. The molecule has 35 heavy (non-hydrogen) atoms. The standard InChI is InChI=1S/C27H26N4O4/c1-4-29(5-2)21-13-11-19(25(18-21)35-3)12-16-26-28-24-15-14-22(31(33)34)17-23(24)27(32)30(26)20-9-7-6-8-10-20/h6-18H,4-5H2,1-3H3/b16-12+. The highest BCUT2D eigenvalue weighted by Crippen LogP contribution is 2.28. The van der Waals surface area contributed by atoms with E-state index < -0.39 is 4.92 Å². The van der Waals surface area contributed by atoms with Crippen LogP contribution in [0.5, 0.6) is 5.75 Å². The van der Waals surface area contributed by atoms with Gasteiger partial charge in [0.05, 0.1) is 28.6 Å². The molecule has 0 unspecified atom stereocenters. The summed E-state index contributed by atoms with van der Waals surface area (Å²) in [4.78, 5) is 31.1. The number of para-hydroxylation sites is 1. The Labute approximate surface area is 202 Å². The summed E-state index contributed by atoms with van der Waals surface area (Å²) in [5.41, 5.74) is 2.36. The average molecular weight is 471 g/mol. The lowest BCUT2D eigenvalue weighted by atomic mass is 10.1. The number of hydrogen-bond acceptors (Lipinski definition) is 6. The predicted molar refractivity (Wildman–Crippen MR) is 139 cm³/mol. The molecule has 0 saturated heterocycles. The first-order valence-electron chi connectivity index (χ1n) is 11.3. The Balaban J connectivity index is 1.87. The third-order valence-corrected chi connectivity index (χ3v) is 5.86. The van der Waals surface area contributed by atoms with Crippen LogP contribution in [0.3, 0.4) is 0 Å². The molecule has 8 nitrogen and oxygen atoms in total. The molecule has 8 heteroatoms. The first kappa shape index (κ1) is 23.7. The predicted octanol–water partition coefficient (Wildman–Crippen LogP) is 5.32. The van der Waals surface area contributed by atoms with Gasteiger partial charge in [-0.05, 0) is 56.3 Å². The van der Waals surface area contributed by atoms with Crippen LogP contribution in [0.2, 0.25) is 0 Å². The summed E-state index contributed by atoms with van der Waals surface area (Å²) in [6.07, 6.45) is 3.60. The van der Waals surface area contributed by atoms with Gasteiger partial charge in [-0.2, -0.15) is 0 Å². The Morgan fingerprint density at radius 2 is 1.77 bits per heavy atom. The fourth-order valence-corrected chi connectivity index (χ4v) is 4.03. The van der Waals surface area contributed by atoms with Crippen molar-refractivity contribution in [1.82, 2.24) is 9.55 Å². The van der Waals surface area contributed by atoms with Crippen molar-refractivity contribution in [2.24, 2.45) is 0 Å². The fraction of sp³-hybridized carbons (Fsp3) is 0.185. The van der Waals surface area contributed by atoms with Gasteiger partial charge in [0.1, 0.15) is 11.6 Å². The summed E-state index contributed by atoms with van der Waals surface area (Å²) >= 11 is 0. The smallest absolute Gasteiger partial charge is 0.270 e. The van der Waals surface area contributed by atoms with Gasteiger partial charge in [-0.3, -0.25) is 19.5 Å². The third-order valence-electron chi connectivity index (χ3n) is 5.86. The van der Waals surface area contributed by atoms with Crippen LogP contribution in [0.25, 0.3) is 28.7 Å². The molecule has 0 fully saturated rings. The second-order valence-corrected chi connectivity index (χ2v) is 7.84. The number of ether oxygens (including phenoxy) is 1. The summed E-state index contributed by atoms with van der Waals surface area (Å²) in [6, 6.07) is 19.2. The largest absolute Gasteiger partial charge is 0.496 e. The number of benzene rings is 3. The van der Waals surface area contributed by atoms with Gasteiger partial charge in [0.15, 0.2) is 0 Å². The summed E-state index contributed by atoms with van der Waals surface area (Å²) in [6.45, 7) is 5.98. The van der Waals surface area contributed by atoms with E-state index >= 15 is 0 Å². The second-order valence-electron chi connectivity index (χ2n) is 7.84. The van der Waals surface area contributed by atoms with Gasteiger partial charge in [0.25, 0.3) is 11.2 Å². The minimum Gasteiger partial charge on any atom is -0.496 e. The van der Waals surface area contributed by atoms with E-state index in [0.29, 0.717) is 22.8 Å². The molecule has 0 N–H and O–H groups in total. The molecule has 0 aliphatic carbocycles. The van der Waals surface area contributed by atoms with Crippen LogP contribution >= 0.6 is 0 Å². The molecule has 178 valence electrons. The highest BCUT2D eigenvalue weighted by atomic mass is 16.6. The van der Waals surface area contributed by atoms with E-state index in [2.05, 4.69) is 23.7 Å². The lowest BCUT2D eigenvalue weighted by Gasteiger charge is -2.22. The number of nitro benzene ring substituents is 1. The van der Waals surface area contributed by atoms with Crippen LogP contribution in [-0.2, 0) is 0 Å². The Morgan fingerprint density at radius 3 is 2.43 bits per heavy atom. The van der Waals surface area contributed by atoms with Crippen molar-refractivity contribution in [3.8, 4) is 11.4 Å². The van der Waals surface area contributed by atoms with Gasteiger partial charge in [0.2, 0.25) is 0 Å². The highest BCUT2D eigenvalue weighted by Gasteiger charge is 2.15. The molecule has 0 spiro atoms. The minimum atomic E-state index is -0.520. The number of hydrogen-bond donors (Lipinski definition) is 0. The zero-order chi connectivity index (χ0) is 24.9. The number of aromatic nitrogens is 2. The van der Waals surface area contributed by atoms with Crippen LogP contribution in [0.1, 0.15) is 25.2 Å². The zero-order valence-electron chi connectivity index (χ0n) is 19.8. The van der Waals surface area contributed by atoms with E-state index in [1.165, 1.54) is 22.8 Å². The molecule has 1 aromatic heterocycles. The number of methoxy groups -OCH3 is 1. The molecule has 4 aromatic rings. The first-order chi connectivity index (χ1) is 17.0. The van der Waals surface area contributed by atoms with Crippen molar-refractivity contribution in [1.29, 1.82) is 0 Å². The molecule has 0 amide bonds. The highest BCUT2D eigenvalue weighted by molar-refractivity contribution is 5.82. The van der Waals surface area contributed by atoms with Crippen LogP contribution in [0.4, 0.5) is 11.4 Å². The summed E-state index contributed by atoms with van der Waals surface area (Å²) in [5, 5.41) is 11.4. The van der Waals surface area contributed by atoms with E-state index in [9.17, 15) is 14.9 Å². The van der Waals surface area contributed by atoms with E-state index in [4.69, 9.17) is 4.74 Å². The van der Waals surface area contributed by atoms with E-state index in [-0.39, 0.29) is 16.6 Å². The summed E-state index contributed by atoms with van der Waals surface area (Å²) in [7, 11) is 1.62. The van der Waals surface area contributed by atoms with Gasteiger partial charge < -0.3 is 9.64 Å². The van der Waals surface area contributed by atoms with Crippen LogP contribution in [0, 0.1) is 10.1 Å². The Morgan fingerprint density at radius 1 is 1.03 bits per heavy atom. The number of anilines is 1. The maximum atomic E-state index is 13.5. The molecular weight excluding hydrogens is 444 g/mol. The number of non-ortho nitro benzene ring substituents is 1. The maximum absolute atomic E-state index is 13.5. The van der Waals surface area contributed by atoms with Crippen molar-refractivity contribution >= 4 is 34.4 Å². The van der Waals surface area contributed by atoms with Crippen molar-refractivity contribution < 1.29 is 9.66 Å². The number of nitro groups is 1. The Hall–Kier alpha value is -4.46. The van der Waals surface area contributed by atoms with Crippen molar-refractivity contribution in [3.05, 3.63) is 98.6 Å². The third kappa shape index (κ3) is 4.77. The van der Waals surface area contributed by atoms with Crippen molar-refractivity contribution in [2.45, 2.75) is 13.8 Å². The first-order valence-corrected chi connectivity index (χ1v) is 11.3. The van der Waals surface area contributed by atoms with Crippen LogP contribution < -0.4 is 15.2 Å². The fourth-order valence-electron chi connectivity index (χ4n) is 4.03. The summed E-state index contributed by atoms with van der Waals surface area (Å²) < 4.78 is 7.08. The van der Waals surface area contributed by atoms with Gasteiger partial charge in [-0.15, -0.1) is 0 Å². The molecule has 0 aliphatic rings. The molecule has 0 aliphatic heterocycles. The average Bonchev–Trinajstić information content (AvgIpc) is 2.88. The van der Waals surface area contributed by atoms with Crippen molar-refractivity contribution in [2.75, 3.05) is 25.1 Å². The minimum absolute atomic E-state index is 0.155. The van der Waals surface area contributed by atoms with Crippen molar-refractivity contribution in [3.63, 3.8) is 0 Å². The monoisotopic (exact) mass is 470 g/mol. The topological polar surface area (TPSA) is 90.5 Å². The van der Waals surface area contributed by atoms with Gasteiger partial charge in [-0.1, -0.05) is 18.2 Å². The quantitative estimate of drug-likeness (QED) is 0.256. The SMILES string of the molecule is CCN(CC)c1ccc(/C=C/c2nc3ccc([N+](=O)[O-])cc3c(=O)n2-c2ccccc2)c(OC)c1. The molecule has 0 radical (unpaired) electrons. The molecule has 3 aromatic carbocycles. The summed E-state index contributed by atoms with van der Waals surface area (Å²) in [5.74, 6) is 1.10. The Bertz CT molecular complexity index is 1460. The van der Waals surface area contributed by atoms with E-state index in [1.54, 1.807) is 25.3 Å². The second kappa shape index (κ2) is 10.2. The van der Waals surface area contributed by atoms with E-state index in [0.717, 1.165) is 24.3 Å².